The molecule has 1 N–H and O–H groups in total. The Morgan fingerprint density at radius 1 is 0.923 bits per heavy atom. The summed E-state index contributed by atoms with van der Waals surface area (Å²) < 4.78 is 53.2. The van der Waals surface area contributed by atoms with Crippen molar-refractivity contribution in [3.8, 4) is 0 Å². The van der Waals surface area contributed by atoms with Crippen LogP contribution in [0.4, 0.5) is 5.69 Å². The van der Waals surface area contributed by atoms with E-state index in [1.165, 1.54) is 28.6 Å². The largest absolute Gasteiger partial charge is 0.283 e. The molecular formula is C18H24N2O4S2. The third kappa shape index (κ3) is 5.55. The molecule has 0 radical (unpaired) electrons. The van der Waals surface area contributed by atoms with Crippen LogP contribution in [0.25, 0.3) is 0 Å². The van der Waals surface area contributed by atoms with Crippen LogP contribution in [0.15, 0.2) is 59.5 Å². The Labute approximate surface area is 156 Å². The molecule has 2 rings (SSSR count). The molecule has 0 aliphatic heterocycles. The molecule has 142 valence electrons. The fourth-order valence-electron chi connectivity index (χ4n) is 2.39. The SMILES string of the molecule is CCCCN(C)S(=O)(=O)c1ccc(NS(=O)(=O)Cc2ccccc2)cc1. The molecular weight excluding hydrogens is 372 g/mol. The van der Waals surface area contributed by atoms with Gasteiger partial charge in [0.25, 0.3) is 0 Å². The average Bonchev–Trinajstić information content (AvgIpc) is 2.60. The van der Waals surface area contributed by atoms with Gasteiger partial charge in [0.2, 0.25) is 20.0 Å². The number of hydrogen-bond donors (Lipinski definition) is 1. The third-order valence-corrected chi connectivity index (χ3v) is 6.99. The Morgan fingerprint density at radius 2 is 1.54 bits per heavy atom. The number of rotatable bonds is 9. The van der Waals surface area contributed by atoms with Gasteiger partial charge < -0.3 is 0 Å². The van der Waals surface area contributed by atoms with Gasteiger partial charge in [-0.2, -0.15) is 0 Å². The zero-order chi connectivity index (χ0) is 19.2. The second-order valence-electron chi connectivity index (χ2n) is 6.05. The molecule has 0 fully saturated rings. The first-order chi connectivity index (χ1) is 12.2. The Hall–Kier alpha value is -1.90. The van der Waals surface area contributed by atoms with Crippen molar-refractivity contribution in [1.82, 2.24) is 4.31 Å². The van der Waals surface area contributed by atoms with Crippen molar-refractivity contribution < 1.29 is 16.8 Å². The second kappa shape index (κ2) is 8.66. The van der Waals surface area contributed by atoms with Crippen molar-refractivity contribution in [1.29, 1.82) is 0 Å². The zero-order valence-corrected chi connectivity index (χ0v) is 16.6. The maximum absolute atomic E-state index is 12.5. The number of hydrogen-bond acceptors (Lipinski definition) is 4. The molecule has 0 aliphatic carbocycles. The Balaban J connectivity index is 2.09. The number of benzene rings is 2. The highest BCUT2D eigenvalue weighted by atomic mass is 32.2. The molecule has 0 unspecified atom stereocenters. The summed E-state index contributed by atoms with van der Waals surface area (Å²) >= 11 is 0. The van der Waals surface area contributed by atoms with Crippen LogP contribution in [0, 0.1) is 0 Å². The highest BCUT2D eigenvalue weighted by Gasteiger charge is 2.20. The molecule has 2 aromatic rings. The molecule has 2 aromatic carbocycles. The summed E-state index contributed by atoms with van der Waals surface area (Å²) in [6, 6.07) is 14.6. The van der Waals surface area contributed by atoms with Crippen LogP contribution in [-0.4, -0.2) is 34.7 Å². The summed E-state index contributed by atoms with van der Waals surface area (Å²) in [5.41, 5.74) is 1.01. The van der Waals surface area contributed by atoms with Gasteiger partial charge in [0, 0.05) is 19.3 Å². The minimum Gasteiger partial charge on any atom is -0.283 e. The van der Waals surface area contributed by atoms with Crippen molar-refractivity contribution >= 4 is 25.7 Å². The van der Waals surface area contributed by atoms with Crippen molar-refractivity contribution in [3.63, 3.8) is 0 Å². The van der Waals surface area contributed by atoms with E-state index in [9.17, 15) is 16.8 Å². The first-order valence-electron chi connectivity index (χ1n) is 8.35. The van der Waals surface area contributed by atoms with Crippen LogP contribution in [0.5, 0.6) is 0 Å². The van der Waals surface area contributed by atoms with E-state index in [0.717, 1.165) is 12.8 Å². The van der Waals surface area contributed by atoms with Crippen LogP contribution in [0.1, 0.15) is 25.3 Å². The number of nitrogens with zero attached hydrogens (tertiary/aromatic N) is 1. The first kappa shape index (κ1) is 20.4. The quantitative estimate of drug-likeness (QED) is 0.706. The van der Waals surface area contributed by atoms with Crippen molar-refractivity contribution in [3.05, 3.63) is 60.2 Å². The molecule has 0 saturated carbocycles. The molecule has 0 bridgehead atoms. The summed E-state index contributed by atoms with van der Waals surface area (Å²) in [5, 5.41) is 0. The molecule has 8 heteroatoms. The van der Waals surface area contributed by atoms with Gasteiger partial charge in [0.1, 0.15) is 0 Å². The monoisotopic (exact) mass is 396 g/mol. The van der Waals surface area contributed by atoms with Crippen molar-refractivity contribution in [2.24, 2.45) is 0 Å². The van der Waals surface area contributed by atoms with Crippen LogP contribution in [0.3, 0.4) is 0 Å². The fraction of sp³-hybridized carbons (Fsp3) is 0.333. The first-order valence-corrected chi connectivity index (χ1v) is 11.4. The van der Waals surface area contributed by atoms with Gasteiger partial charge >= 0.3 is 0 Å². The number of sulfonamides is 2. The van der Waals surface area contributed by atoms with Gasteiger partial charge in [-0.15, -0.1) is 0 Å². The van der Waals surface area contributed by atoms with Gasteiger partial charge in [0.15, 0.2) is 0 Å². The van der Waals surface area contributed by atoms with E-state index in [-0.39, 0.29) is 10.6 Å². The van der Waals surface area contributed by atoms with Gasteiger partial charge in [-0.3, -0.25) is 4.72 Å². The third-order valence-electron chi connectivity index (χ3n) is 3.86. The van der Waals surface area contributed by atoms with E-state index in [0.29, 0.717) is 17.8 Å². The van der Waals surface area contributed by atoms with E-state index < -0.39 is 20.0 Å². The highest BCUT2D eigenvalue weighted by molar-refractivity contribution is 7.92. The van der Waals surface area contributed by atoms with E-state index >= 15 is 0 Å². The Morgan fingerprint density at radius 3 is 2.12 bits per heavy atom. The summed E-state index contributed by atoms with van der Waals surface area (Å²) in [4.78, 5) is 0.141. The standard InChI is InChI=1S/C18H24N2O4S2/c1-3-4-14-20(2)26(23,24)18-12-10-17(11-13-18)19-25(21,22)15-16-8-6-5-7-9-16/h5-13,19H,3-4,14-15H2,1-2H3. The van der Waals surface area contributed by atoms with Gasteiger partial charge in [-0.05, 0) is 36.2 Å². The summed E-state index contributed by atoms with van der Waals surface area (Å²) in [7, 11) is -5.60. The predicted octanol–water partition coefficient (Wildman–Crippen LogP) is 3.05. The van der Waals surface area contributed by atoms with Crippen LogP contribution >= 0.6 is 0 Å². The minimum atomic E-state index is -3.57. The smallest absolute Gasteiger partial charge is 0.242 e. The van der Waals surface area contributed by atoms with Gasteiger partial charge in [0.05, 0.1) is 10.6 Å². The van der Waals surface area contributed by atoms with Gasteiger partial charge in [-0.25, -0.2) is 21.1 Å². The summed E-state index contributed by atoms with van der Waals surface area (Å²) in [5.74, 6) is -0.145. The Kier molecular flexibility index (Phi) is 6.80. The molecule has 0 heterocycles. The summed E-state index contributed by atoms with van der Waals surface area (Å²) in [6.45, 7) is 2.45. The lowest BCUT2D eigenvalue weighted by Crippen LogP contribution is -2.27. The normalized spacial score (nSPS) is 12.3. The number of anilines is 1. The molecule has 0 amide bonds. The maximum Gasteiger partial charge on any atom is 0.242 e. The number of nitrogens with one attached hydrogen (secondary N) is 1. The number of unbranched alkanes of at least 4 members (excludes halogenated alkanes) is 1. The van der Waals surface area contributed by atoms with Crippen molar-refractivity contribution in [2.75, 3.05) is 18.3 Å². The second-order valence-corrected chi connectivity index (χ2v) is 9.82. The molecule has 6 nitrogen and oxygen atoms in total. The van der Waals surface area contributed by atoms with E-state index in [4.69, 9.17) is 0 Å². The van der Waals surface area contributed by atoms with E-state index in [1.807, 2.05) is 13.0 Å². The molecule has 0 aliphatic rings. The molecule has 0 saturated heterocycles. The van der Waals surface area contributed by atoms with Crippen LogP contribution in [0.2, 0.25) is 0 Å². The Bertz CT molecular complexity index is 909. The predicted molar refractivity (Wildman–Crippen MR) is 104 cm³/mol. The topological polar surface area (TPSA) is 83.6 Å². The lowest BCUT2D eigenvalue weighted by atomic mass is 10.2. The summed E-state index contributed by atoms with van der Waals surface area (Å²) in [6.07, 6.45) is 1.69. The maximum atomic E-state index is 12.5. The van der Waals surface area contributed by atoms with Crippen molar-refractivity contribution in [2.45, 2.75) is 30.4 Å². The molecule has 0 aromatic heterocycles. The zero-order valence-electron chi connectivity index (χ0n) is 14.9. The molecule has 0 spiro atoms. The lowest BCUT2D eigenvalue weighted by Gasteiger charge is -2.17. The minimum absolute atomic E-state index is 0.141. The molecule has 0 atom stereocenters. The highest BCUT2D eigenvalue weighted by Crippen LogP contribution is 2.19. The lowest BCUT2D eigenvalue weighted by molar-refractivity contribution is 0.459. The van der Waals surface area contributed by atoms with E-state index in [2.05, 4.69) is 4.72 Å². The van der Waals surface area contributed by atoms with Gasteiger partial charge in [-0.1, -0.05) is 43.7 Å². The van der Waals surface area contributed by atoms with E-state index in [1.54, 1.807) is 31.3 Å². The van der Waals surface area contributed by atoms with Crippen LogP contribution < -0.4 is 4.72 Å². The average molecular weight is 397 g/mol. The fourth-order valence-corrected chi connectivity index (χ4v) is 4.79. The van der Waals surface area contributed by atoms with Crippen LogP contribution in [-0.2, 0) is 25.8 Å². The molecule has 26 heavy (non-hydrogen) atoms.